The number of aliphatic hydroxyl groups excluding tert-OH is 2. The molecule has 1 unspecified atom stereocenters. The van der Waals surface area contributed by atoms with E-state index in [4.69, 9.17) is 14.9 Å². The number of halogens is 1. The van der Waals surface area contributed by atoms with Crippen molar-refractivity contribution < 1.29 is 32.3 Å². The zero-order valence-electron chi connectivity index (χ0n) is 24.5. The van der Waals surface area contributed by atoms with Gasteiger partial charge in [0.25, 0.3) is 0 Å². The van der Waals surface area contributed by atoms with Crippen LogP contribution in [0.1, 0.15) is 148 Å². The average molecular weight is 544 g/mol. The maximum atomic E-state index is 8.96. The van der Waals surface area contributed by atoms with Crippen molar-refractivity contribution >= 4 is 0 Å². The molecule has 0 aromatic carbocycles. The first-order chi connectivity index (χ1) is 17.7. The SMILES string of the molecule is CCCCCCCCCCCCCCCCc1ccc[nH+]c1.CCCCCCCCOCC(O)CO.[Cl-]. The van der Waals surface area contributed by atoms with Crippen LogP contribution in [0.25, 0.3) is 0 Å². The van der Waals surface area contributed by atoms with Crippen LogP contribution in [-0.4, -0.2) is 36.1 Å². The minimum absolute atomic E-state index is 0. The molecular weight excluding hydrogens is 482 g/mol. The highest BCUT2D eigenvalue weighted by molar-refractivity contribution is 5.04. The lowest BCUT2D eigenvalue weighted by atomic mass is 10.0. The van der Waals surface area contributed by atoms with Gasteiger partial charge in [-0.1, -0.05) is 129 Å². The van der Waals surface area contributed by atoms with Crippen molar-refractivity contribution in [2.45, 2.75) is 155 Å². The van der Waals surface area contributed by atoms with E-state index in [1.807, 2.05) is 6.20 Å². The fraction of sp³-hybridized carbons (Fsp3) is 0.844. The van der Waals surface area contributed by atoms with Gasteiger partial charge >= 0.3 is 0 Å². The number of aliphatic hydroxyl groups is 2. The minimum atomic E-state index is -0.713. The molecule has 1 rings (SSSR count). The molecule has 0 aliphatic carbocycles. The van der Waals surface area contributed by atoms with Crippen LogP contribution < -0.4 is 17.4 Å². The molecule has 5 heteroatoms. The van der Waals surface area contributed by atoms with Gasteiger partial charge in [-0.25, -0.2) is 4.98 Å². The number of ether oxygens (including phenoxy) is 1. The molecule has 0 fully saturated rings. The molecule has 0 aliphatic rings. The molecule has 0 aliphatic heterocycles. The van der Waals surface area contributed by atoms with Gasteiger partial charge in [0.05, 0.1) is 13.2 Å². The fourth-order valence-electron chi connectivity index (χ4n) is 4.37. The van der Waals surface area contributed by atoms with Crippen molar-refractivity contribution in [1.82, 2.24) is 0 Å². The smallest absolute Gasteiger partial charge is 0.170 e. The van der Waals surface area contributed by atoms with E-state index in [2.05, 4.69) is 37.2 Å². The van der Waals surface area contributed by atoms with Crippen molar-refractivity contribution in [2.24, 2.45) is 0 Å². The highest BCUT2D eigenvalue weighted by atomic mass is 35.5. The Kier molecular flexibility index (Phi) is 34.7. The number of aromatic nitrogens is 1. The predicted molar refractivity (Wildman–Crippen MR) is 154 cm³/mol. The van der Waals surface area contributed by atoms with E-state index in [1.54, 1.807) is 0 Å². The minimum Gasteiger partial charge on any atom is -1.00 e. The molecule has 1 aromatic heterocycles. The van der Waals surface area contributed by atoms with Gasteiger partial charge in [-0.15, -0.1) is 0 Å². The summed E-state index contributed by atoms with van der Waals surface area (Å²) in [7, 11) is 0. The molecule has 1 heterocycles. The fourth-order valence-corrected chi connectivity index (χ4v) is 4.37. The van der Waals surface area contributed by atoms with Crippen molar-refractivity contribution in [3.05, 3.63) is 30.1 Å². The molecule has 1 aromatic rings. The van der Waals surface area contributed by atoms with Crippen LogP contribution in [-0.2, 0) is 11.2 Å². The van der Waals surface area contributed by atoms with Crippen LogP contribution in [0.4, 0.5) is 0 Å². The second kappa shape index (κ2) is 33.3. The van der Waals surface area contributed by atoms with Gasteiger partial charge in [-0.3, -0.25) is 0 Å². The Labute approximate surface area is 236 Å². The van der Waals surface area contributed by atoms with Gasteiger partial charge < -0.3 is 27.4 Å². The maximum absolute atomic E-state index is 8.96. The van der Waals surface area contributed by atoms with E-state index in [-0.39, 0.29) is 25.6 Å². The largest absolute Gasteiger partial charge is 1.00 e. The Bertz CT molecular complexity index is 518. The van der Waals surface area contributed by atoms with E-state index in [1.165, 1.54) is 134 Å². The van der Waals surface area contributed by atoms with E-state index >= 15 is 0 Å². The monoisotopic (exact) mass is 543 g/mol. The van der Waals surface area contributed by atoms with Crippen molar-refractivity contribution in [3.8, 4) is 0 Å². The molecule has 0 amide bonds. The molecule has 220 valence electrons. The standard InChI is InChI=1S/C21H37N.C11H24O3.ClH/c1-2-3-4-5-6-7-8-9-10-11-12-13-14-15-17-21-18-16-19-22-20-21;1-2-3-4-5-6-7-8-14-10-11(13)9-12;/h16,18-20H,2-15,17H2,1H3;11-13H,2-10H2,1H3;1H. The third-order valence-electron chi connectivity index (χ3n) is 6.75. The van der Waals surface area contributed by atoms with Gasteiger partial charge in [-0.2, -0.15) is 0 Å². The number of H-pyrrole nitrogens is 1. The Morgan fingerprint density at radius 2 is 1.16 bits per heavy atom. The lowest BCUT2D eigenvalue weighted by molar-refractivity contribution is -0.378. The summed E-state index contributed by atoms with van der Waals surface area (Å²) in [6, 6.07) is 4.32. The second-order valence-corrected chi connectivity index (χ2v) is 10.4. The lowest BCUT2D eigenvalue weighted by Crippen LogP contribution is -3.00. The van der Waals surface area contributed by atoms with Crippen LogP contribution in [0.15, 0.2) is 24.5 Å². The topological polar surface area (TPSA) is 63.8 Å². The van der Waals surface area contributed by atoms with E-state index < -0.39 is 6.10 Å². The lowest BCUT2D eigenvalue weighted by Gasteiger charge is -2.07. The molecule has 0 spiro atoms. The van der Waals surface area contributed by atoms with Gasteiger partial charge in [0.1, 0.15) is 6.10 Å². The first-order valence-corrected chi connectivity index (χ1v) is 15.6. The van der Waals surface area contributed by atoms with E-state index in [0.29, 0.717) is 6.61 Å². The Morgan fingerprint density at radius 3 is 1.59 bits per heavy atom. The first-order valence-electron chi connectivity index (χ1n) is 15.6. The second-order valence-electron chi connectivity index (χ2n) is 10.4. The molecule has 3 N–H and O–H groups in total. The molecule has 1 atom stereocenters. The number of hydrogen-bond acceptors (Lipinski definition) is 3. The summed E-state index contributed by atoms with van der Waals surface area (Å²) < 4.78 is 5.18. The highest BCUT2D eigenvalue weighted by Crippen LogP contribution is 2.13. The van der Waals surface area contributed by atoms with Crippen molar-refractivity contribution in [3.63, 3.8) is 0 Å². The molecule has 0 radical (unpaired) electrons. The number of nitrogens with one attached hydrogen (secondary N) is 1. The number of hydrogen-bond donors (Lipinski definition) is 2. The van der Waals surface area contributed by atoms with Crippen LogP contribution >= 0.6 is 0 Å². The van der Waals surface area contributed by atoms with Gasteiger partial charge in [0, 0.05) is 18.2 Å². The van der Waals surface area contributed by atoms with Gasteiger partial charge in [0.15, 0.2) is 12.4 Å². The summed E-state index contributed by atoms with van der Waals surface area (Å²) in [5.41, 5.74) is 1.45. The van der Waals surface area contributed by atoms with E-state index in [9.17, 15) is 0 Å². The summed E-state index contributed by atoms with van der Waals surface area (Å²) in [5, 5.41) is 17.5. The normalized spacial score (nSPS) is 11.5. The number of aromatic amines is 1. The van der Waals surface area contributed by atoms with E-state index in [0.717, 1.165) is 6.42 Å². The molecular formula is C32H62ClNO3. The number of unbranched alkanes of at least 4 members (excludes halogenated alkanes) is 18. The Morgan fingerprint density at radius 1 is 0.703 bits per heavy atom. The third-order valence-corrected chi connectivity index (χ3v) is 6.75. The molecule has 0 saturated carbocycles. The number of aryl methyl sites for hydroxylation is 1. The molecule has 0 saturated heterocycles. The maximum Gasteiger partial charge on any atom is 0.170 e. The zero-order valence-corrected chi connectivity index (χ0v) is 25.3. The quantitative estimate of drug-likeness (QED) is 0.166. The summed E-state index contributed by atoms with van der Waals surface area (Å²) in [6.45, 7) is 5.24. The third kappa shape index (κ3) is 31.4. The first kappa shape index (κ1) is 38.5. The predicted octanol–water partition coefficient (Wildman–Crippen LogP) is 5.25. The zero-order chi connectivity index (χ0) is 26.4. The van der Waals surface area contributed by atoms with Crippen LogP contribution in [0, 0.1) is 0 Å². The summed E-state index contributed by atoms with van der Waals surface area (Å²) in [5.74, 6) is 0. The van der Waals surface area contributed by atoms with Gasteiger partial charge in [-0.05, 0) is 25.3 Å². The molecule has 37 heavy (non-hydrogen) atoms. The molecule has 4 nitrogen and oxygen atoms in total. The van der Waals surface area contributed by atoms with Crippen LogP contribution in [0.3, 0.4) is 0 Å². The Hall–Kier alpha value is -0.680. The van der Waals surface area contributed by atoms with Gasteiger partial charge in [0.2, 0.25) is 0 Å². The number of rotatable bonds is 25. The summed E-state index contributed by atoms with van der Waals surface area (Å²) in [4.78, 5) is 3.16. The molecule has 0 bridgehead atoms. The van der Waals surface area contributed by atoms with Crippen molar-refractivity contribution in [2.75, 3.05) is 19.8 Å². The highest BCUT2D eigenvalue weighted by Gasteiger charge is 2.00. The number of pyridine rings is 1. The van der Waals surface area contributed by atoms with Crippen LogP contribution in [0.2, 0.25) is 0 Å². The van der Waals surface area contributed by atoms with Crippen LogP contribution in [0.5, 0.6) is 0 Å². The average Bonchev–Trinajstić information content (AvgIpc) is 2.91. The summed E-state index contributed by atoms with van der Waals surface area (Å²) >= 11 is 0. The van der Waals surface area contributed by atoms with Crippen molar-refractivity contribution in [1.29, 1.82) is 0 Å². The Balaban J connectivity index is 0. The summed E-state index contributed by atoms with van der Waals surface area (Å²) in [6.07, 6.45) is 32.2.